The maximum atomic E-state index is 6.91. The lowest BCUT2D eigenvalue weighted by molar-refractivity contribution is 0.409. The van der Waals surface area contributed by atoms with Crippen molar-refractivity contribution in [1.82, 2.24) is 0 Å². The van der Waals surface area contributed by atoms with Crippen LogP contribution in [0.5, 0.6) is 5.75 Å². The summed E-state index contributed by atoms with van der Waals surface area (Å²) < 4.78 is 46.6. The molecule has 2 aliphatic carbocycles. The molecule has 0 saturated heterocycles. The second kappa shape index (κ2) is 19.0. The van der Waals surface area contributed by atoms with Crippen LogP contribution in [0.2, 0.25) is 0 Å². The van der Waals surface area contributed by atoms with E-state index < -0.39 is 0 Å². The highest BCUT2D eigenvalue weighted by Crippen LogP contribution is 2.53. The third-order valence-corrected chi connectivity index (χ3v) is 19.4. The van der Waals surface area contributed by atoms with Crippen LogP contribution in [0.1, 0.15) is 11.5 Å². The fourth-order valence-electron chi connectivity index (χ4n) is 15.0. The Morgan fingerprint density at radius 1 is 0.301 bits per heavy atom. The molecule has 0 radical (unpaired) electrons. The van der Waals surface area contributed by atoms with E-state index >= 15 is 0 Å². The molecular formula is C84H48N2O7. The predicted octanol–water partition coefficient (Wildman–Crippen LogP) is 24.2. The summed E-state index contributed by atoms with van der Waals surface area (Å²) in [5, 5.41) is 12.4. The number of hydrogen-bond acceptors (Lipinski definition) is 9. The number of allylic oxidation sites excluding steroid dienone is 8. The number of ether oxygens (including phenoxy) is 1. The average Bonchev–Trinajstić information content (AvgIpc) is 1.73. The molecule has 21 rings (SSSR count). The van der Waals surface area contributed by atoms with E-state index in [2.05, 4.69) is 253 Å². The number of anilines is 6. The zero-order valence-corrected chi connectivity index (χ0v) is 49.5. The summed E-state index contributed by atoms with van der Waals surface area (Å²) in [6.07, 6.45) is 13.1. The number of nitrogens with zero attached hydrogens (tertiary/aromatic N) is 2. The summed E-state index contributed by atoms with van der Waals surface area (Å²) in [5.41, 5.74) is 18.1. The molecule has 18 aromatic rings. The van der Waals surface area contributed by atoms with Gasteiger partial charge in [0, 0.05) is 135 Å². The van der Waals surface area contributed by atoms with E-state index in [-0.39, 0.29) is 11.8 Å². The Hall–Kier alpha value is -12.5. The molecule has 0 fully saturated rings. The van der Waals surface area contributed by atoms with Crippen molar-refractivity contribution in [2.24, 2.45) is 5.92 Å². The van der Waals surface area contributed by atoms with Crippen LogP contribution in [0.25, 0.3) is 143 Å². The van der Waals surface area contributed by atoms with Crippen molar-refractivity contribution >= 4 is 155 Å². The topological polar surface area (TPSA) is 94.5 Å². The maximum Gasteiger partial charge on any atom is 0.137 e. The van der Waals surface area contributed by atoms with Gasteiger partial charge < -0.3 is 41.0 Å². The lowest BCUT2D eigenvalue weighted by Gasteiger charge is -2.27. The molecule has 6 aromatic heterocycles. The summed E-state index contributed by atoms with van der Waals surface area (Å²) >= 11 is 0. The van der Waals surface area contributed by atoms with Gasteiger partial charge in [-0.2, -0.15) is 0 Å². The molecule has 436 valence electrons. The third kappa shape index (κ3) is 7.68. The monoisotopic (exact) mass is 1200 g/mol. The first-order valence-electron chi connectivity index (χ1n) is 31.4. The summed E-state index contributed by atoms with van der Waals surface area (Å²) in [4.78, 5) is 4.52. The Morgan fingerprint density at radius 2 is 0.774 bits per heavy atom. The largest absolute Gasteiger partial charge is 0.461 e. The lowest BCUT2D eigenvalue weighted by Crippen LogP contribution is -2.17. The van der Waals surface area contributed by atoms with Crippen LogP contribution in [0.3, 0.4) is 0 Å². The van der Waals surface area contributed by atoms with Gasteiger partial charge in [-0.3, -0.25) is 0 Å². The molecule has 0 bridgehead atoms. The fourth-order valence-corrected chi connectivity index (χ4v) is 15.0. The summed E-state index contributed by atoms with van der Waals surface area (Å²) in [7, 11) is 0. The molecule has 12 aromatic carbocycles. The number of fused-ring (bicyclic) bond motifs is 21. The zero-order chi connectivity index (χ0) is 60.6. The van der Waals surface area contributed by atoms with E-state index in [1.54, 1.807) is 0 Å². The minimum Gasteiger partial charge on any atom is -0.461 e. The number of benzene rings is 12. The van der Waals surface area contributed by atoms with Crippen molar-refractivity contribution in [2.75, 3.05) is 9.80 Å². The molecule has 0 saturated carbocycles. The van der Waals surface area contributed by atoms with E-state index in [1.165, 1.54) is 21.9 Å². The Bertz CT molecular complexity index is 6310. The Labute approximate surface area is 529 Å². The number of para-hydroxylation sites is 2. The van der Waals surface area contributed by atoms with Crippen LogP contribution in [0, 0.1) is 5.92 Å². The Balaban J connectivity index is 0.651. The minimum absolute atomic E-state index is 0.123. The second-order valence-corrected chi connectivity index (χ2v) is 24.7. The highest BCUT2D eigenvalue weighted by molar-refractivity contribution is 6.21. The quantitative estimate of drug-likeness (QED) is 0.147. The summed E-state index contributed by atoms with van der Waals surface area (Å²) in [6.45, 7) is 0. The SMILES string of the molecule is C1=CC2=CC=C3Oc4cc(N(c5ccc(-c6cc7ccccc7o6)cc5)c5ccc6c(c5)oc5cc7c(cc56)oc5cc6c(cc57)oc5cc(N(c7ccc(-c8cc9ccccc9o8)cc7)c7ccc8c(c7)oc7ccc9ccccc9c78)ccc56)ccc4C3C2C=C1. The van der Waals surface area contributed by atoms with Crippen LogP contribution in [-0.2, 0) is 0 Å². The van der Waals surface area contributed by atoms with Gasteiger partial charge in [0.05, 0.1) is 5.92 Å². The predicted molar refractivity (Wildman–Crippen MR) is 374 cm³/mol. The van der Waals surface area contributed by atoms with Gasteiger partial charge in [0.25, 0.3) is 0 Å². The highest BCUT2D eigenvalue weighted by Gasteiger charge is 2.39. The van der Waals surface area contributed by atoms with Gasteiger partial charge in [-0.25, -0.2) is 0 Å². The molecule has 7 heterocycles. The van der Waals surface area contributed by atoms with E-state index in [4.69, 9.17) is 31.2 Å². The maximum absolute atomic E-state index is 6.91. The van der Waals surface area contributed by atoms with Gasteiger partial charge in [-0.05, 0) is 168 Å². The molecule has 3 aliphatic rings. The van der Waals surface area contributed by atoms with Crippen LogP contribution < -0.4 is 14.5 Å². The second-order valence-electron chi connectivity index (χ2n) is 24.7. The van der Waals surface area contributed by atoms with E-state index in [1.807, 2.05) is 36.4 Å². The van der Waals surface area contributed by atoms with Gasteiger partial charge in [0.15, 0.2) is 0 Å². The average molecular weight is 1200 g/mol. The van der Waals surface area contributed by atoms with E-state index in [0.717, 1.165) is 178 Å². The fraction of sp³-hybridized carbons (Fsp3) is 0.0238. The van der Waals surface area contributed by atoms with Crippen LogP contribution >= 0.6 is 0 Å². The summed E-state index contributed by atoms with van der Waals surface area (Å²) in [6, 6.07) is 84.7. The molecule has 2 unspecified atom stereocenters. The van der Waals surface area contributed by atoms with Gasteiger partial charge in [-0.1, -0.05) is 103 Å². The van der Waals surface area contributed by atoms with Crippen molar-refractivity contribution in [3.63, 3.8) is 0 Å². The van der Waals surface area contributed by atoms with Gasteiger partial charge in [0.2, 0.25) is 0 Å². The number of rotatable bonds is 8. The standard InChI is InChI=1S/C84H48N2O7/c1-5-13-59-47(9-1)21-35-71-83(59)63-33-29-57(41-77(63)89-71)85(53-23-17-49(18-24-53)73-37-51-11-3-7-15-69(51)87-73)55-27-31-61-65-43-81-67(45-79(65)91-75(61)39-55)68-46-80-66(44-82(68)93-81)62-32-28-56(40-76(62)92-80)86(54-25-19-50(20-26-54)74-38-52-12-4-8-16-70(52)88-74)58-30-34-64-78(42-58)90-72-36-22-48-10-2-6-14-60(48)84(64)72/h1-46,59,83H. The Kier molecular flexibility index (Phi) is 10.3. The van der Waals surface area contributed by atoms with Crippen LogP contribution in [0.4, 0.5) is 34.1 Å². The molecular weight excluding hydrogens is 1150 g/mol. The van der Waals surface area contributed by atoms with Gasteiger partial charge in [-0.15, -0.1) is 0 Å². The van der Waals surface area contributed by atoms with E-state index in [0.29, 0.717) is 0 Å². The zero-order valence-electron chi connectivity index (χ0n) is 49.5. The van der Waals surface area contributed by atoms with Crippen molar-refractivity contribution in [1.29, 1.82) is 0 Å². The normalized spacial score (nSPS) is 15.2. The molecule has 1 aliphatic heterocycles. The van der Waals surface area contributed by atoms with Crippen LogP contribution in [-0.4, -0.2) is 0 Å². The lowest BCUT2D eigenvalue weighted by atomic mass is 9.76. The van der Waals surface area contributed by atoms with Gasteiger partial charge in [0.1, 0.15) is 78.9 Å². The summed E-state index contributed by atoms with van der Waals surface area (Å²) in [5.74, 6) is 3.82. The molecule has 0 spiro atoms. The van der Waals surface area contributed by atoms with Crippen molar-refractivity contribution in [3.05, 3.63) is 296 Å². The first kappa shape index (κ1) is 50.4. The van der Waals surface area contributed by atoms with Crippen LogP contribution in [0.15, 0.2) is 317 Å². The van der Waals surface area contributed by atoms with E-state index in [9.17, 15) is 0 Å². The number of hydrogen-bond donors (Lipinski definition) is 0. The van der Waals surface area contributed by atoms with Gasteiger partial charge >= 0.3 is 0 Å². The van der Waals surface area contributed by atoms with Crippen molar-refractivity contribution in [2.45, 2.75) is 5.92 Å². The molecule has 0 amide bonds. The molecule has 9 heteroatoms. The third-order valence-electron chi connectivity index (χ3n) is 19.4. The molecule has 93 heavy (non-hydrogen) atoms. The molecule has 2 atom stereocenters. The van der Waals surface area contributed by atoms with Crippen molar-refractivity contribution < 1.29 is 31.2 Å². The number of furan rings is 6. The smallest absolute Gasteiger partial charge is 0.137 e. The molecule has 0 N–H and O–H groups in total. The first-order valence-corrected chi connectivity index (χ1v) is 31.4. The minimum atomic E-state index is 0.123. The highest BCUT2D eigenvalue weighted by atomic mass is 16.5. The van der Waals surface area contributed by atoms with Crippen molar-refractivity contribution in [3.8, 4) is 28.4 Å². The first-order chi connectivity index (χ1) is 46.0. The molecule has 9 nitrogen and oxygen atoms in total. The Morgan fingerprint density at radius 3 is 1.35 bits per heavy atom.